The van der Waals surface area contributed by atoms with Crippen LogP contribution in [0.25, 0.3) is 11.4 Å². The van der Waals surface area contributed by atoms with Crippen molar-refractivity contribution < 1.29 is 9.53 Å². The van der Waals surface area contributed by atoms with E-state index in [4.69, 9.17) is 4.74 Å². The standard InChI is InChI=1S/C20H25N7O2/c1-12-16(23-17(22-12)14-5-4-6-15(11-14)29-3)19(28)25-20-24-18(26-27(20)2)13-7-9-21-10-8-13/h4-6,11,13,21H,7-10H2,1-3H3,(H,22,23)(H,24,25,26,28). The molecule has 0 atom stereocenters. The number of nitrogens with zero attached hydrogens (tertiary/aromatic N) is 4. The minimum Gasteiger partial charge on any atom is -0.497 e. The maximum atomic E-state index is 12.8. The van der Waals surface area contributed by atoms with E-state index in [2.05, 4.69) is 30.7 Å². The zero-order valence-corrected chi connectivity index (χ0v) is 16.8. The Bertz CT molecular complexity index is 1020. The highest BCUT2D eigenvalue weighted by atomic mass is 16.5. The summed E-state index contributed by atoms with van der Waals surface area (Å²) in [4.78, 5) is 25.0. The first-order valence-corrected chi connectivity index (χ1v) is 9.69. The number of piperidine rings is 1. The van der Waals surface area contributed by atoms with Crippen molar-refractivity contribution in [2.24, 2.45) is 7.05 Å². The molecule has 2 aromatic heterocycles. The van der Waals surface area contributed by atoms with Gasteiger partial charge in [0.05, 0.1) is 7.11 Å². The topological polar surface area (TPSA) is 110 Å². The molecule has 3 N–H and O–H groups in total. The highest BCUT2D eigenvalue weighted by Gasteiger charge is 2.23. The number of rotatable bonds is 5. The molecule has 9 nitrogen and oxygen atoms in total. The van der Waals surface area contributed by atoms with Crippen LogP contribution in [0.1, 0.15) is 40.8 Å². The molecule has 3 aromatic rings. The van der Waals surface area contributed by atoms with Gasteiger partial charge in [-0.1, -0.05) is 12.1 Å². The molecule has 0 aliphatic carbocycles. The Hall–Kier alpha value is -3.20. The van der Waals surface area contributed by atoms with Crippen molar-refractivity contribution in [2.45, 2.75) is 25.7 Å². The van der Waals surface area contributed by atoms with Gasteiger partial charge in [0.15, 0.2) is 5.82 Å². The summed E-state index contributed by atoms with van der Waals surface area (Å²) >= 11 is 0. The molecule has 1 amide bonds. The van der Waals surface area contributed by atoms with E-state index >= 15 is 0 Å². The van der Waals surface area contributed by atoms with Crippen LogP contribution in [-0.2, 0) is 7.05 Å². The zero-order valence-electron chi connectivity index (χ0n) is 16.8. The Morgan fingerprint density at radius 2 is 2.07 bits per heavy atom. The van der Waals surface area contributed by atoms with Crippen LogP contribution in [0.2, 0.25) is 0 Å². The first kappa shape index (κ1) is 19.1. The van der Waals surface area contributed by atoms with Gasteiger partial charge in [0.25, 0.3) is 5.91 Å². The summed E-state index contributed by atoms with van der Waals surface area (Å²) < 4.78 is 6.87. The van der Waals surface area contributed by atoms with Crippen molar-refractivity contribution in [3.8, 4) is 17.1 Å². The summed E-state index contributed by atoms with van der Waals surface area (Å²) in [5, 5.41) is 10.7. The quantitative estimate of drug-likeness (QED) is 0.611. The second-order valence-corrected chi connectivity index (χ2v) is 7.19. The number of benzene rings is 1. The maximum Gasteiger partial charge on any atom is 0.278 e. The average Bonchev–Trinajstić information content (AvgIpc) is 3.31. The van der Waals surface area contributed by atoms with Gasteiger partial charge in [-0.3, -0.25) is 10.1 Å². The molecule has 9 heteroatoms. The van der Waals surface area contributed by atoms with Gasteiger partial charge in [-0.2, -0.15) is 10.1 Å². The number of methoxy groups -OCH3 is 1. The summed E-state index contributed by atoms with van der Waals surface area (Å²) in [6, 6.07) is 7.53. The third-order valence-electron chi connectivity index (χ3n) is 5.15. The number of hydrogen-bond donors (Lipinski definition) is 3. The number of nitrogens with one attached hydrogen (secondary N) is 3. The maximum absolute atomic E-state index is 12.8. The van der Waals surface area contributed by atoms with E-state index in [0.717, 1.165) is 43.1 Å². The first-order valence-electron chi connectivity index (χ1n) is 9.69. The summed E-state index contributed by atoms with van der Waals surface area (Å²) in [6.07, 6.45) is 2.00. The molecule has 1 aliphatic rings. The molecular formula is C20H25N7O2. The van der Waals surface area contributed by atoms with Crippen molar-refractivity contribution in [1.29, 1.82) is 0 Å². The molecule has 0 saturated carbocycles. The number of carbonyl (C=O) groups excluding carboxylic acids is 1. The molecule has 0 unspecified atom stereocenters. The molecule has 1 aliphatic heterocycles. The highest BCUT2D eigenvalue weighted by Crippen LogP contribution is 2.25. The van der Waals surface area contributed by atoms with Crippen LogP contribution in [-0.4, -0.2) is 50.8 Å². The zero-order chi connectivity index (χ0) is 20.4. The van der Waals surface area contributed by atoms with E-state index in [1.807, 2.05) is 31.2 Å². The van der Waals surface area contributed by atoms with Gasteiger partial charge >= 0.3 is 0 Å². The van der Waals surface area contributed by atoms with Gasteiger partial charge < -0.3 is 15.0 Å². The van der Waals surface area contributed by atoms with Crippen molar-refractivity contribution in [3.63, 3.8) is 0 Å². The highest BCUT2D eigenvalue weighted by molar-refractivity contribution is 6.03. The minimum atomic E-state index is -0.319. The van der Waals surface area contributed by atoms with Gasteiger partial charge in [-0.15, -0.1) is 0 Å². The molecule has 152 valence electrons. The van der Waals surface area contributed by atoms with E-state index in [1.165, 1.54) is 0 Å². The van der Waals surface area contributed by atoms with Crippen molar-refractivity contribution >= 4 is 11.9 Å². The van der Waals surface area contributed by atoms with Gasteiger partial charge in [-0.05, 0) is 45.0 Å². The Morgan fingerprint density at radius 3 is 2.83 bits per heavy atom. The molecule has 1 aromatic carbocycles. The molecule has 29 heavy (non-hydrogen) atoms. The number of carbonyl (C=O) groups is 1. The van der Waals surface area contributed by atoms with E-state index in [1.54, 1.807) is 18.8 Å². The molecule has 0 bridgehead atoms. The predicted octanol–water partition coefficient (Wildman–Crippen LogP) is 2.24. The second-order valence-electron chi connectivity index (χ2n) is 7.19. The molecule has 3 heterocycles. The van der Waals surface area contributed by atoms with Crippen molar-refractivity contribution in [2.75, 3.05) is 25.5 Å². The molecule has 0 spiro atoms. The monoisotopic (exact) mass is 395 g/mol. The minimum absolute atomic E-state index is 0.319. The second kappa shape index (κ2) is 8.04. The Balaban J connectivity index is 1.53. The Labute approximate surface area is 168 Å². The Morgan fingerprint density at radius 1 is 1.28 bits per heavy atom. The predicted molar refractivity (Wildman–Crippen MR) is 109 cm³/mol. The van der Waals surface area contributed by atoms with Crippen molar-refractivity contribution in [3.05, 3.63) is 41.5 Å². The number of amides is 1. The molecule has 1 saturated heterocycles. The third-order valence-corrected chi connectivity index (χ3v) is 5.15. The first-order chi connectivity index (χ1) is 14.0. The normalized spacial score (nSPS) is 14.7. The Kier molecular flexibility index (Phi) is 5.30. The average molecular weight is 395 g/mol. The smallest absolute Gasteiger partial charge is 0.278 e. The molecule has 0 radical (unpaired) electrons. The lowest BCUT2D eigenvalue weighted by molar-refractivity contribution is 0.102. The van der Waals surface area contributed by atoms with Crippen LogP contribution < -0.4 is 15.4 Å². The fraction of sp³-hybridized carbons (Fsp3) is 0.400. The van der Waals surface area contributed by atoms with Gasteiger partial charge in [0.2, 0.25) is 5.95 Å². The molecular weight excluding hydrogens is 370 g/mol. The number of aromatic nitrogens is 5. The largest absolute Gasteiger partial charge is 0.497 e. The number of ether oxygens (including phenoxy) is 1. The van der Waals surface area contributed by atoms with Crippen LogP contribution in [0.3, 0.4) is 0 Å². The van der Waals surface area contributed by atoms with E-state index < -0.39 is 0 Å². The summed E-state index contributed by atoms with van der Waals surface area (Å²) in [6.45, 7) is 3.75. The summed E-state index contributed by atoms with van der Waals surface area (Å²) in [7, 11) is 3.40. The third kappa shape index (κ3) is 4.00. The molecule has 4 rings (SSSR count). The number of hydrogen-bond acceptors (Lipinski definition) is 6. The fourth-order valence-electron chi connectivity index (χ4n) is 3.52. The van der Waals surface area contributed by atoms with E-state index in [9.17, 15) is 4.79 Å². The van der Waals surface area contributed by atoms with Crippen LogP contribution in [0.15, 0.2) is 24.3 Å². The molecule has 1 fully saturated rings. The lowest BCUT2D eigenvalue weighted by Crippen LogP contribution is -2.27. The van der Waals surface area contributed by atoms with Crippen LogP contribution >= 0.6 is 0 Å². The van der Waals surface area contributed by atoms with Gasteiger partial charge in [0, 0.05) is 24.2 Å². The summed E-state index contributed by atoms with van der Waals surface area (Å²) in [5.74, 6) is 2.54. The number of aryl methyl sites for hydroxylation is 2. The number of aromatic amines is 1. The van der Waals surface area contributed by atoms with Crippen LogP contribution in [0.5, 0.6) is 5.75 Å². The van der Waals surface area contributed by atoms with Crippen LogP contribution in [0, 0.1) is 6.92 Å². The fourth-order valence-corrected chi connectivity index (χ4v) is 3.52. The number of anilines is 1. The number of imidazole rings is 1. The lowest BCUT2D eigenvalue weighted by Gasteiger charge is -2.19. The van der Waals surface area contributed by atoms with E-state index in [0.29, 0.717) is 29.1 Å². The lowest BCUT2D eigenvalue weighted by atomic mass is 9.98. The summed E-state index contributed by atoms with van der Waals surface area (Å²) in [5.41, 5.74) is 1.86. The number of H-pyrrole nitrogens is 1. The van der Waals surface area contributed by atoms with E-state index in [-0.39, 0.29) is 5.91 Å². The van der Waals surface area contributed by atoms with Crippen LogP contribution in [0.4, 0.5) is 5.95 Å². The SMILES string of the molecule is COc1cccc(-c2nc(C(=O)Nc3nc(C4CCNCC4)nn3C)c(C)[nH]2)c1. The van der Waals surface area contributed by atoms with Gasteiger partial charge in [0.1, 0.15) is 17.3 Å². The van der Waals surface area contributed by atoms with Gasteiger partial charge in [-0.25, -0.2) is 9.67 Å². The van der Waals surface area contributed by atoms with Crippen molar-refractivity contribution in [1.82, 2.24) is 30.0 Å².